The molecule has 5 nitrogen and oxygen atoms in total. The maximum absolute atomic E-state index is 13.7. The van der Waals surface area contributed by atoms with Crippen LogP contribution in [0, 0.1) is 0 Å². The monoisotopic (exact) mass is 457 g/mol. The summed E-state index contributed by atoms with van der Waals surface area (Å²) in [5.41, 5.74) is 1.55. The van der Waals surface area contributed by atoms with Gasteiger partial charge in [-0.3, -0.25) is 4.79 Å². The number of amides is 1. The van der Waals surface area contributed by atoms with Gasteiger partial charge in [-0.25, -0.2) is 0 Å². The van der Waals surface area contributed by atoms with Crippen LogP contribution in [0.5, 0.6) is 17.2 Å². The Morgan fingerprint density at radius 1 is 0.931 bits per heavy atom. The molecule has 2 heterocycles. The minimum Gasteiger partial charge on any atom is -0.493 e. The Hall–Kier alpha value is -2.21. The van der Waals surface area contributed by atoms with Gasteiger partial charge in [-0.2, -0.15) is 0 Å². The molecule has 0 saturated heterocycles. The molecule has 2 aromatic rings. The van der Waals surface area contributed by atoms with E-state index >= 15 is 0 Å². The number of carbonyl (C=O) groups is 1. The summed E-state index contributed by atoms with van der Waals surface area (Å²) in [4.78, 5) is 13.7. The molecule has 2 aromatic carbocycles. The van der Waals surface area contributed by atoms with Gasteiger partial charge in [0.2, 0.25) is 5.91 Å². The molecule has 1 aliphatic carbocycles. The Morgan fingerprint density at radius 2 is 1.66 bits per heavy atom. The SMILES string of the molecule is O=C(NC1CCOc2ccc(Br)cc21)C1(c2ccc3c(c2)OCCO3)CCCC1. The van der Waals surface area contributed by atoms with E-state index in [2.05, 4.69) is 21.2 Å². The molecule has 3 aliphatic rings. The highest BCUT2D eigenvalue weighted by atomic mass is 79.9. The third-order valence-electron chi connectivity index (χ3n) is 6.30. The molecule has 1 N–H and O–H groups in total. The Labute approximate surface area is 178 Å². The van der Waals surface area contributed by atoms with E-state index in [0.29, 0.717) is 19.8 Å². The zero-order valence-corrected chi connectivity index (χ0v) is 17.8. The van der Waals surface area contributed by atoms with Gasteiger partial charge in [0.1, 0.15) is 19.0 Å². The third kappa shape index (κ3) is 3.37. The number of rotatable bonds is 3. The van der Waals surface area contributed by atoms with Crippen molar-refractivity contribution in [2.24, 2.45) is 0 Å². The van der Waals surface area contributed by atoms with Crippen molar-refractivity contribution in [3.8, 4) is 17.2 Å². The molecule has 1 atom stereocenters. The fraction of sp³-hybridized carbons (Fsp3) is 0.435. The fourth-order valence-electron chi connectivity index (χ4n) is 4.78. The van der Waals surface area contributed by atoms with E-state index in [1.165, 1.54) is 0 Å². The van der Waals surface area contributed by atoms with E-state index in [9.17, 15) is 4.79 Å². The zero-order chi connectivity index (χ0) is 19.8. The second kappa shape index (κ2) is 7.56. The lowest BCUT2D eigenvalue weighted by Crippen LogP contribution is -2.45. The average molecular weight is 458 g/mol. The molecule has 1 saturated carbocycles. The number of carbonyl (C=O) groups excluding carboxylic acids is 1. The van der Waals surface area contributed by atoms with E-state index in [0.717, 1.165) is 65.0 Å². The van der Waals surface area contributed by atoms with Gasteiger partial charge in [0.15, 0.2) is 11.5 Å². The molecule has 0 bridgehead atoms. The first-order chi connectivity index (χ1) is 14.2. The molecule has 1 amide bonds. The molecule has 2 aliphatic heterocycles. The van der Waals surface area contributed by atoms with E-state index in [-0.39, 0.29) is 11.9 Å². The van der Waals surface area contributed by atoms with E-state index < -0.39 is 5.41 Å². The summed E-state index contributed by atoms with van der Waals surface area (Å²) in [6.45, 7) is 1.72. The van der Waals surface area contributed by atoms with Crippen molar-refractivity contribution in [2.45, 2.75) is 43.6 Å². The summed E-state index contributed by atoms with van der Waals surface area (Å²) in [7, 11) is 0. The van der Waals surface area contributed by atoms with Crippen molar-refractivity contribution in [3.63, 3.8) is 0 Å². The zero-order valence-electron chi connectivity index (χ0n) is 16.2. The molecule has 1 fully saturated rings. The predicted molar refractivity (Wildman–Crippen MR) is 113 cm³/mol. The minimum atomic E-state index is -0.514. The van der Waals surface area contributed by atoms with Crippen LogP contribution in [0.4, 0.5) is 0 Å². The number of benzene rings is 2. The Bertz CT molecular complexity index is 938. The summed E-state index contributed by atoms with van der Waals surface area (Å²) in [6, 6.07) is 11.9. The third-order valence-corrected chi connectivity index (χ3v) is 6.80. The number of halogens is 1. The van der Waals surface area contributed by atoms with Gasteiger partial charge < -0.3 is 19.5 Å². The lowest BCUT2D eigenvalue weighted by Gasteiger charge is -2.34. The molecule has 6 heteroatoms. The van der Waals surface area contributed by atoms with Gasteiger partial charge >= 0.3 is 0 Å². The quantitative estimate of drug-likeness (QED) is 0.727. The number of hydrogen-bond acceptors (Lipinski definition) is 4. The van der Waals surface area contributed by atoms with Crippen molar-refractivity contribution in [2.75, 3.05) is 19.8 Å². The molecular formula is C23H24BrNO4. The molecule has 1 unspecified atom stereocenters. The Kier molecular flexibility index (Phi) is 4.90. The van der Waals surface area contributed by atoms with Gasteiger partial charge in [0.25, 0.3) is 0 Å². The van der Waals surface area contributed by atoms with Crippen molar-refractivity contribution < 1.29 is 19.0 Å². The number of nitrogens with one attached hydrogen (secondary N) is 1. The van der Waals surface area contributed by atoms with E-state index in [1.54, 1.807) is 0 Å². The Balaban J connectivity index is 1.45. The summed E-state index contributed by atoms with van der Waals surface area (Å²) in [6.07, 6.45) is 4.59. The van der Waals surface area contributed by atoms with Crippen LogP contribution in [0.15, 0.2) is 40.9 Å². The molecular weight excluding hydrogens is 434 g/mol. The van der Waals surface area contributed by atoms with Crippen LogP contribution in [-0.4, -0.2) is 25.7 Å². The van der Waals surface area contributed by atoms with Crippen LogP contribution in [0.1, 0.15) is 49.3 Å². The topological polar surface area (TPSA) is 56.8 Å². The van der Waals surface area contributed by atoms with Crippen molar-refractivity contribution in [3.05, 3.63) is 52.0 Å². The first-order valence-corrected chi connectivity index (χ1v) is 11.1. The van der Waals surface area contributed by atoms with Crippen LogP contribution < -0.4 is 19.5 Å². The normalized spacial score (nSPS) is 21.8. The molecule has 0 radical (unpaired) electrons. The van der Waals surface area contributed by atoms with Gasteiger partial charge in [-0.15, -0.1) is 0 Å². The van der Waals surface area contributed by atoms with E-state index in [4.69, 9.17) is 14.2 Å². The van der Waals surface area contributed by atoms with Crippen LogP contribution in [0.3, 0.4) is 0 Å². The lowest BCUT2D eigenvalue weighted by molar-refractivity contribution is -0.127. The lowest BCUT2D eigenvalue weighted by atomic mass is 9.77. The molecule has 5 rings (SSSR count). The summed E-state index contributed by atoms with van der Waals surface area (Å²) < 4.78 is 18.2. The van der Waals surface area contributed by atoms with Gasteiger partial charge in [-0.05, 0) is 48.7 Å². The minimum absolute atomic E-state index is 0.0431. The van der Waals surface area contributed by atoms with Crippen LogP contribution in [0.25, 0.3) is 0 Å². The van der Waals surface area contributed by atoms with Crippen LogP contribution >= 0.6 is 15.9 Å². The largest absolute Gasteiger partial charge is 0.493 e. The van der Waals surface area contributed by atoms with Crippen molar-refractivity contribution in [1.82, 2.24) is 5.32 Å². The maximum Gasteiger partial charge on any atom is 0.231 e. The maximum atomic E-state index is 13.7. The predicted octanol–water partition coefficient (Wildman–Crippen LogP) is 4.67. The molecule has 29 heavy (non-hydrogen) atoms. The van der Waals surface area contributed by atoms with E-state index in [1.807, 2.05) is 36.4 Å². The first-order valence-electron chi connectivity index (χ1n) is 10.3. The first kappa shape index (κ1) is 18.8. The number of hydrogen-bond donors (Lipinski definition) is 1. The molecule has 0 aromatic heterocycles. The number of ether oxygens (including phenoxy) is 3. The van der Waals surface area contributed by atoms with Gasteiger partial charge in [-0.1, -0.05) is 34.8 Å². The summed E-state index contributed by atoms with van der Waals surface area (Å²) >= 11 is 3.54. The highest BCUT2D eigenvalue weighted by Gasteiger charge is 2.44. The average Bonchev–Trinajstić information content (AvgIpc) is 3.25. The van der Waals surface area contributed by atoms with Crippen molar-refractivity contribution >= 4 is 21.8 Å². The summed E-state index contributed by atoms with van der Waals surface area (Å²) in [5, 5.41) is 3.35. The summed E-state index contributed by atoms with van der Waals surface area (Å²) in [5.74, 6) is 2.46. The standard InChI is InChI=1S/C23H24BrNO4/c24-16-4-6-19-17(14-16)18(7-10-27-19)25-22(26)23(8-1-2-9-23)15-3-5-20-21(13-15)29-12-11-28-20/h3-6,13-14,18H,1-2,7-12H2,(H,25,26). The number of fused-ring (bicyclic) bond motifs is 2. The smallest absolute Gasteiger partial charge is 0.231 e. The van der Waals surface area contributed by atoms with Crippen LogP contribution in [-0.2, 0) is 10.2 Å². The second-order valence-electron chi connectivity index (χ2n) is 7.99. The highest BCUT2D eigenvalue weighted by Crippen LogP contribution is 2.45. The highest BCUT2D eigenvalue weighted by molar-refractivity contribution is 9.10. The fourth-order valence-corrected chi connectivity index (χ4v) is 5.16. The second-order valence-corrected chi connectivity index (χ2v) is 8.91. The molecule has 152 valence electrons. The van der Waals surface area contributed by atoms with Crippen LogP contribution in [0.2, 0.25) is 0 Å². The van der Waals surface area contributed by atoms with Gasteiger partial charge in [0.05, 0.1) is 18.1 Å². The van der Waals surface area contributed by atoms with Crippen molar-refractivity contribution in [1.29, 1.82) is 0 Å². The Morgan fingerprint density at radius 3 is 2.48 bits per heavy atom. The van der Waals surface area contributed by atoms with Gasteiger partial charge in [0, 0.05) is 16.5 Å². The molecule has 0 spiro atoms.